The Morgan fingerprint density at radius 3 is 2.21 bits per heavy atom. The van der Waals surface area contributed by atoms with Crippen molar-refractivity contribution in [2.24, 2.45) is 0 Å². The molecule has 0 unspecified atom stereocenters. The molecular weight excluding hydrogens is 332 g/mol. The molecule has 0 amide bonds. The molecule has 0 saturated carbocycles. The molecule has 0 fully saturated rings. The quantitative estimate of drug-likeness (QED) is 0.523. The van der Waals surface area contributed by atoms with E-state index in [1.807, 2.05) is 0 Å². The van der Waals surface area contributed by atoms with Gasteiger partial charge in [-0.3, -0.25) is 0 Å². The smallest absolute Gasteiger partial charge is 0.205 e. The Morgan fingerprint density at radius 1 is 1.21 bits per heavy atom. The van der Waals surface area contributed by atoms with Crippen molar-refractivity contribution >= 4 is 31.9 Å². The lowest BCUT2D eigenvalue weighted by Crippen LogP contribution is -2.11. The highest BCUT2D eigenvalue weighted by atomic mass is 79.9. The van der Waals surface area contributed by atoms with Gasteiger partial charge in [0.05, 0.1) is 10.0 Å². The van der Waals surface area contributed by atoms with Crippen LogP contribution in [-0.4, -0.2) is 0 Å². The van der Waals surface area contributed by atoms with E-state index in [0.717, 1.165) is 0 Å². The van der Waals surface area contributed by atoms with Crippen LogP contribution in [0.1, 0.15) is 11.1 Å². The van der Waals surface area contributed by atoms with Gasteiger partial charge in [0.25, 0.3) is 0 Å². The van der Waals surface area contributed by atoms with Crippen LogP contribution in [0.3, 0.4) is 0 Å². The van der Waals surface area contributed by atoms with E-state index in [9.17, 15) is 17.6 Å². The number of rotatable bonds is 1. The van der Waals surface area contributed by atoms with Crippen LogP contribution in [0, 0.1) is 5.82 Å². The topological polar surface area (TPSA) is 0 Å². The molecule has 0 radical (unpaired) electrons. The van der Waals surface area contributed by atoms with Crippen molar-refractivity contribution in [1.82, 2.24) is 0 Å². The summed E-state index contributed by atoms with van der Waals surface area (Å²) in [4.78, 5) is 0. The molecule has 1 aromatic carbocycles. The SMILES string of the molecule is Fc1c(Br)ccc(CBr)c1C(F)(F)F. The summed E-state index contributed by atoms with van der Waals surface area (Å²) in [5.41, 5.74) is -1.33. The van der Waals surface area contributed by atoms with E-state index in [1.54, 1.807) is 0 Å². The molecule has 0 nitrogen and oxygen atoms in total. The fourth-order valence-corrected chi connectivity index (χ4v) is 1.81. The predicted octanol–water partition coefficient (Wildman–Crippen LogP) is 4.50. The molecule has 14 heavy (non-hydrogen) atoms. The highest BCUT2D eigenvalue weighted by Gasteiger charge is 2.37. The summed E-state index contributed by atoms with van der Waals surface area (Å²) in [6.45, 7) is 0. The molecule has 0 spiro atoms. The molecular formula is C8H4Br2F4. The minimum Gasteiger partial charge on any atom is -0.205 e. The van der Waals surface area contributed by atoms with Gasteiger partial charge in [-0.15, -0.1) is 0 Å². The van der Waals surface area contributed by atoms with Gasteiger partial charge in [-0.25, -0.2) is 4.39 Å². The summed E-state index contributed by atoms with van der Waals surface area (Å²) in [6, 6.07) is 2.48. The van der Waals surface area contributed by atoms with Crippen LogP contribution in [0.25, 0.3) is 0 Å². The third kappa shape index (κ3) is 2.28. The third-order valence-electron chi connectivity index (χ3n) is 1.61. The van der Waals surface area contributed by atoms with E-state index in [1.165, 1.54) is 12.1 Å². The van der Waals surface area contributed by atoms with Gasteiger partial charge < -0.3 is 0 Å². The Labute approximate surface area is 94.6 Å². The van der Waals surface area contributed by atoms with Crippen LogP contribution >= 0.6 is 31.9 Å². The van der Waals surface area contributed by atoms with Crippen molar-refractivity contribution in [3.63, 3.8) is 0 Å². The normalized spacial score (nSPS) is 11.9. The van der Waals surface area contributed by atoms with Gasteiger partial charge in [0.2, 0.25) is 0 Å². The summed E-state index contributed by atoms with van der Waals surface area (Å²) in [6.07, 6.45) is -4.67. The molecule has 0 aliphatic rings. The minimum absolute atomic E-state index is 0.0357. The van der Waals surface area contributed by atoms with Crippen LogP contribution < -0.4 is 0 Å². The van der Waals surface area contributed by atoms with E-state index in [4.69, 9.17) is 0 Å². The molecule has 0 aliphatic carbocycles. The third-order valence-corrected chi connectivity index (χ3v) is 2.83. The molecule has 78 valence electrons. The maximum absolute atomic E-state index is 13.2. The Bertz CT molecular complexity index is 346. The summed E-state index contributed by atoms with van der Waals surface area (Å²) in [5, 5.41) is -0.0357. The fourth-order valence-electron chi connectivity index (χ4n) is 1.01. The molecule has 0 saturated heterocycles. The van der Waals surface area contributed by atoms with Gasteiger partial charge >= 0.3 is 6.18 Å². The highest BCUT2D eigenvalue weighted by molar-refractivity contribution is 9.10. The molecule has 0 N–H and O–H groups in total. The zero-order valence-electron chi connectivity index (χ0n) is 6.63. The van der Waals surface area contributed by atoms with E-state index in [0.29, 0.717) is 0 Å². The predicted molar refractivity (Wildman–Crippen MR) is 51.7 cm³/mol. The first-order valence-corrected chi connectivity index (χ1v) is 5.39. The molecule has 1 rings (SSSR count). The van der Waals surface area contributed by atoms with Gasteiger partial charge in [-0.2, -0.15) is 13.2 Å². The summed E-state index contributed by atoms with van der Waals surface area (Å²) in [7, 11) is 0. The van der Waals surface area contributed by atoms with Gasteiger partial charge in [0.15, 0.2) is 0 Å². The number of benzene rings is 1. The number of hydrogen-bond acceptors (Lipinski definition) is 0. The Morgan fingerprint density at radius 2 is 1.79 bits per heavy atom. The highest BCUT2D eigenvalue weighted by Crippen LogP contribution is 2.37. The standard InChI is InChI=1S/C8H4Br2F4/c9-3-4-1-2-5(10)7(11)6(4)8(12,13)14/h1-2H,3H2. The second kappa shape index (κ2) is 4.18. The molecule has 0 atom stereocenters. The van der Waals surface area contributed by atoms with E-state index in [-0.39, 0.29) is 15.4 Å². The average Bonchev–Trinajstić information content (AvgIpc) is 2.07. The van der Waals surface area contributed by atoms with Gasteiger partial charge in [-0.1, -0.05) is 22.0 Å². The first-order valence-electron chi connectivity index (χ1n) is 3.48. The van der Waals surface area contributed by atoms with Crippen LogP contribution in [0.2, 0.25) is 0 Å². The summed E-state index contributed by atoms with van der Waals surface area (Å²) >= 11 is 5.59. The van der Waals surface area contributed by atoms with Gasteiger partial charge in [-0.05, 0) is 27.6 Å². The molecule has 6 heteroatoms. The number of hydrogen-bond donors (Lipinski definition) is 0. The van der Waals surface area contributed by atoms with E-state index >= 15 is 0 Å². The molecule has 0 bridgehead atoms. The second-order valence-corrected chi connectivity index (χ2v) is 3.94. The number of alkyl halides is 4. The lowest BCUT2D eigenvalue weighted by atomic mass is 10.1. The van der Waals surface area contributed by atoms with E-state index < -0.39 is 17.6 Å². The molecule has 1 aromatic rings. The second-order valence-electron chi connectivity index (χ2n) is 2.53. The fraction of sp³-hybridized carbons (Fsp3) is 0.250. The largest absolute Gasteiger partial charge is 0.419 e. The first kappa shape index (κ1) is 12.0. The van der Waals surface area contributed by atoms with Crippen molar-refractivity contribution < 1.29 is 17.6 Å². The van der Waals surface area contributed by atoms with Gasteiger partial charge in [0.1, 0.15) is 5.82 Å². The van der Waals surface area contributed by atoms with Crippen LogP contribution in [0.5, 0.6) is 0 Å². The van der Waals surface area contributed by atoms with Gasteiger partial charge in [0, 0.05) is 5.33 Å². The Kier molecular flexibility index (Phi) is 3.58. The first-order chi connectivity index (χ1) is 6.38. The lowest BCUT2D eigenvalue weighted by molar-refractivity contribution is -0.140. The van der Waals surface area contributed by atoms with Crippen molar-refractivity contribution in [3.05, 3.63) is 33.5 Å². The zero-order valence-corrected chi connectivity index (χ0v) is 9.80. The maximum Gasteiger partial charge on any atom is 0.419 e. The van der Waals surface area contributed by atoms with Crippen molar-refractivity contribution in [2.45, 2.75) is 11.5 Å². The molecule has 0 aliphatic heterocycles. The van der Waals surface area contributed by atoms with Crippen LogP contribution in [-0.2, 0) is 11.5 Å². The van der Waals surface area contributed by atoms with Crippen molar-refractivity contribution in [3.8, 4) is 0 Å². The Hall–Kier alpha value is -0.100. The summed E-state index contributed by atoms with van der Waals surface area (Å²) < 4.78 is 50.2. The van der Waals surface area contributed by atoms with Crippen molar-refractivity contribution in [2.75, 3.05) is 0 Å². The van der Waals surface area contributed by atoms with E-state index in [2.05, 4.69) is 31.9 Å². The lowest BCUT2D eigenvalue weighted by Gasteiger charge is -2.12. The minimum atomic E-state index is -4.67. The molecule has 0 heterocycles. The average molecular weight is 336 g/mol. The van der Waals surface area contributed by atoms with Crippen LogP contribution in [0.4, 0.5) is 17.6 Å². The monoisotopic (exact) mass is 334 g/mol. The zero-order chi connectivity index (χ0) is 10.9. The molecule has 0 aromatic heterocycles. The Balaban J connectivity index is 3.44. The maximum atomic E-state index is 13.2. The number of halogens is 6. The van der Waals surface area contributed by atoms with Crippen molar-refractivity contribution in [1.29, 1.82) is 0 Å². The summed E-state index contributed by atoms with van der Waals surface area (Å²) in [5.74, 6) is -1.27. The van der Waals surface area contributed by atoms with Crippen LogP contribution in [0.15, 0.2) is 16.6 Å².